The molecule has 0 aromatic heterocycles. The molecule has 0 bridgehead atoms. The molecule has 1 aliphatic heterocycles. The van der Waals surface area contributed by atoms with Gasteiger partial charge in [-0.3, -0.25) is 4.79 Å². The van der Waals surface area contributed by atoms with Gasteiger partial charge in [0, 0.05) is 32.2 Å². The van der Waals surface area contributed by atoms with Crippen LogP contribution in [0, 0.1) is 11.8 Å². The molecule has 3 atom stereocenters. The molecule has 0 spiro atoms. The first-order valence-corrected chi connectivity index (χ1v) is 7.69. The number of hydrogen-bond acceptors (Lipinski definition) is 3. The highest BCUT2D eigenvalue weighted by atomic mass is 16.2. The normalized spacial score (nSPS) is 25.8. The lowest BCUT2D eigenvalue weighted by Crippen LogP contribution is -2.46. The van der Waals surface area contributed by atoms with Crippen LogP contribution in [0.25, 0.3) is 0 Å². The second-order valence-corrected chi connectivity index (χ2v) is 6.68. The number of nitrogens with two attached hydrogens (primary N) is 1. The Morgan fingerprint density at radius 1 is 1.29 bits per heavy atom. The summed E-state index contributed by atoms with van der Waals surface area (Å²) in [4.78, 5) is 16.0. The van der Waals surface area contributed by atoms with Crippen molar-refractivity contribution in [1.82, 2.24) is 4.90 Å². The Kier molecular flexibility index (Phi) is 4.45. The van der Waals surface area contributed by atoms with E-state index in [1.807, 2.05) is 12.1 Å². The standard InChI is InChI=1S/C17H27N3O/c1-11-8-12(2)13(3)20(10-11)16-7-6-14(9-15(16)18)17(21)19(4)5/h6-7,9,11-13H,8,10,18H2,1-5H3. The van der Waals surface area contributed by atoms with Crippen molar-refractivity contribution in [3.05, 3.63) is 23.8 Å². The summed E-state index contributed by atoms with van der Waals surface area (Å²) in [5, 5.41) is 0. The largest absolute Gasteiger partial charge is 0.397 e. The van der Waals surface area contributed by atoms with Gasteiger partial charge < -0.3 is 15.5 Å². The highest BCUT2D eigenvalue weighted by Gasteiger charge is 2.30. The lowest BCUT2D eigenvalue weighted by molar-refractivity contribution is 0.0827. The van der Waals surface area contributed by atoms with E-state index in [0.29, 0.717) is 29.1 Å². The van der Waals surface area contributed by atoms with Crippen LogP contribution in [0.4, 0.5) is 11.4 Å². The number of carbonyl (C=O) groups excluding carboxylic acids is 1. The van der Waals surface area contributed by atoms with Crippen molar-refractivity contribution in [3.8, 4) is 0 Å². The number of benzene rings is 1. The van der Waals surface area contributed by atoms with E-state index in [1.165, 1.54) is 6.42 Å². The van der Waals surface area contributed by atoms with E-state index in [0.717, 1.165) is 12.2 Å². The van der Waals surface area contributed by atoms with E-state index >= 15 is 0 Å². The number of nitrogens with zero attached hydrogens (tertiary/aromatic N) is 2. The molecule has 2 N–H and O–H groups in total. The van der Waals surface area contributed by atoms with Crippen LogP contribution in [0.5, 0.6) is 0 Å². The Morgan fingerprint density at radius 3 is 2.52 bits per heavy atom. The minimum atomic E-state index is -0.0123. The van der Waals surface area contributed by atoms with Crippen molar-refractivity contribution >= 4 is 17.3 Å². The van der Waals surface area contributed by atoms with Crippen LogP contribution >= 0.6 is 0 Å². The van der Waals surface area contributed by atoms with Crippen LogP contribution in [-0.2, 0) is 0 Å². The number of nitrogen functional groups attached to an aromatic ring is 1. The molecule has 1 saturated heterocycles. The molecule has 1 aromatic carbocycles. The van der Waals surface area contributed by atoms with Crippen molar-refractivity contribution in [2.24, 2.45) is 11.8 Å². The molecular formula is C17H27N3O. The van der Waals surface area contributed by atoms with Crippen LogP contribution < -0.4 is 10.6 Å². The van der Waals surface area contributed by atoms with Crippen molar-refractivity contribution in [2.45, 2.75) is 33.2 Å². The molecule has 0 saturated carbocycles. The first-order valence-electron chi connectivity index (χ1n) is 7.69. The van der Waals surface area contributed by atoms with Gasteiger partial charge in [-0.25, -0.2) is 0 Å². The quantitative estimate of drug-likeness (QED) is 0.852. The zero-order valence-electron chi connectivity index (χ0n) is 13.8. The van der Waals surface area contributed by atoms with Gasteiger partial charge in [0.15, 0.2) is 0 Å². The Labute approximate surface area is 127 Å². The number of rotatable bonds is 2. The third-order valence-corrected chi connectivity index (χ3v) is 4.59. The average Bonchev–Trinajstić information content (AvgIpc) is 2.42. The average molecular weight is 289 g/mol. The summed E-state index contributed by atoms with van der Waals surface area (Å²) in [7, 11) is 3.50. The lowest BCUT2D eigenvalue weighted by atomic mass is 9.85. The maximum Gasteiger partial charge on any atom is 0.253 e. The predicted octanol–water partition coefficient (Wildman–Crippen LogP) is 2.84. The smallest absolute Gasteiger partial charge is 0.253 e. The van der Waals surface area contributed by atoms with Gasteiger partial charge in [0.1, 0.15) is 0 Å². The molecule has 1 heterocycles. The molecule has 116 valence electrons. The van der Waals surface area contributed by atoms with Crippen LogP contribution in [0.15, 0.2) is 18.2 Å². The van der Waals surface area contributed by atoms with Gasteiger partial charge in [-0.05, 0) is 43.4 Å². The van der Waals surface area contributed by atoms with Gasteiger partial charge in [-0.1, -0.05) is 13.8 Å². The minimum absolute atomic E-state index is 0.0123. The van der Waals surface area contributed by atoms with E-state index in [-0.39, 0.29) is 5.91 Å². The summed E-state index contributed by atoms with van der Waals surface area (Å²) in [5.74, 6) is 1.30. The van der Waals surface area contributed by atoms with E-state index in [4.69, 9.17) is 5.73 Å². The fourth-order valence-electron chi connectivity index (χ4n) is 3.24. The van der Waals surface area contributed by atoms with Crippen molar-refractivity contribution in [1.29, 1.82) is 0 Å². The molecular weight excluding hydrogens is 262 g/mol. The van der Waals surface area contributed by atoms with Crippen molar-refractivity contribution < 1.29 is 4.79 Å². The van der Waals surface area contributed by atoms with Crippen LogP contribution in [0.2, 0.25) is 0 Å². The summed E-state index contributed by atoms with van der Waals surface area (Å²) in [6.07, 6.45) is 1.26. The van der Waals surface area contributed by atoms with Gasteiger partial charge in [0.05, 0.1) is 11.4 Å². The molecule has 1 aromatic rings. The topological polar surface area (TPSA) is 49.6 Å². The minimum Gasteiger partial charge on any atom is -0.397 e. The van der Waals surface area contributed by atoms with Crippen molar-refractivity contribution in [3.63, 3.8) is 0 Å². The van der Waals surface area contributed by atoms with E-state index < -0.39 is 0 Å². The van der Waals surface area contributed by atoms with E-state index in [9.17, 15) is 4.79 Å². The molecule has 0 aliphatic carbocycles. The molecule has 4 nitrogen and oxygen atoms in total. The predicted molar refractivity (Wildman–Crippen MR) is 88.6 cm³/mol. The third-order valence-electron chi connectivity index (χ3n) is 4.59. The van der Waals surface area contributed by atoms with Gasteiger partial charge in [-0.2, -0.15) is 0 Å². The Balaban J connectivity index is 2.30. The molecule has 1 aliphatic rings. The molecule has 3 unspecified atom stereocenters. The van der Waals surface area contributed by atoms with Gasteiger partial charge in [-0.15, -0.1) is 0 Å². The maximum atomic E-state index is 12.0. The lowest BCUT2D eigenvalue weighted by Gasteiger charge is -2.43. The highest BCUT2D eigenvalue weighted by molar-refractivity contribution is 5.95. The molecule has 4 heteroatoms. The van der Waals surface area contributed by atoms with Gasteiger partial charge >= 0.3 is 0 Å². The zero-order chi connectivity index (χ0) is 15.7. The van der Waals surface area contributed by atoms with Gasteiger partial charge in [0.2, 0.25) is 0 Å². The summed E-state index contributed by atoms with van der Waals surface area (Å²) >= 11 is 0. The first kappa shape index (κ1) is 15.7. The fraction of sp³-hybridized carbons (Fsp3) is 0.588. The second-order valence-electron chi connectivity index (χ2n) is 6.68. The molecule has 2 rings (SSSR count). The summed E-state index contributed by atoms with van der Waals surface area (Å²) in [5.41, 5.74) is 8.62. The fourth-order valence-corrected chi connectivity index (χ4v) is 3.24. The monoisotopic (exact) mass is 289 g/mol. The number of hydrogen-bond donors (Lipinski definition) is 1. The van der Waals surface area contributed by atoms with Gasteiger partial charge in [0.25, 0.3) is 5.91 Å². The summed E-state index contributed by atoms with van der Waals surface area (Å²) < 4.78 is 0. The number of piperidine rings is 1. The highest BCUT2D eigenvalue weighted by Crippen LogP contribution is 2.34. The molecule has 21 heavy (non-hydrogen) atoms. The van der Waals surface area contributed by atoms with E-state index in [2.05, 4.69) is 25.7 Å². The number of anilines is 2. The summed E-state index contributed by atoms with van der Waals surface area (Å²) in [6.45, 7) is 7.87. The molecule has 0 radical (unpaired) electrons. The molecule has 1 amide bonds. The SMILES string of the molecule is CC1CC(C)C(C)N(c2ccc(C(=O)N(C)C)cc2N)C1. The van der Waals surface area contributed by atoms with Crippen LogP contribution in [0.3, 0.4) is 0 Å². The third kappa shape index (κ3) is 3.14. The Morgan fingerprint density at radius 2 is 1.95 bits per heavy atom. The summed E-state index contributed by atoms with van der Waals surface area (Å²) in [6, 6.07) is 6.14. The van der Waals surface area contributed by atoms with Crippen LogP contribution in [0.1, 0.15) is 37.6 Å². The van der Waals surface area contributed by atoms with Crippen LogP contribution in [-0.4, -0.2) is 37.5 Å². The Bertz CT molecular complexity index is 527. The van der Waals surface area contributed by atoms with Crippen molar-refractivity contribution in [2.75, 3.05) is 31.3 Å². The number of carbonyl (C=O) groups is 1. The molecule has 1 fully saturated rings. The van der Waals surface area contributed by atoms with E-state index in [1.54, 1.807) is 25.1 Å². The maximum absolute atomic E-state index is 12.0. The first-order chi connectivity index (χ1) is 9.81. The second kappa shape index (κ2) is 5.96. The Hall–Kier alpha value is -1.71. The number of amides is 1. The zero-order valence-corrected chi connectivity index (χ0v) is 13.8.